The Labute approximate surface area is 112 Å². The van der Waals surface area contributed by atoms with E-state index < -0.39 is 0 Å². The van der Waals surface area contributed by atoms with E-state index in [2.05, 4.69) is 15.1 Å². The van der Waals surface area contributed by atoms with E-state index in [0.29, 0.717) is 18.5 Å². The van der Waals surface area contributed by atoms with Crippen LogP contribution in [0.2, 0.25) is 0 Å². The number of hydrogen-bond acceptors (Lipinski definition) is 5. The first-order valence-corrected chi connectivity index (χ1v) is 6.74. The number of anilines is 1. The minimum absolute atomic E-state index is 0.545. The number of hydrogen-bond donors (Lipinski definition) is 1. The van der Waals surface area contributed by atoms with Crippen LogP contribution in [0.15, 0.2) is 28.7 Å². The highest BCUT2D eigenvalue weighted by molar-refractivity contribution is 5.54. The van der Waals surface area contributed by atoms with Gasteiger partial charge in [0, 0.05) is 25.2 Å². The first-order chi connectivity index (χ1) is 9.36. The third-order valence-corrected chi connectivity index (χ3v) is 3.48. The molecule has 0 bridgehead atoms. The highest BCUT2D eigenvalue weighted by Crippen LogP contribution is 2.24. The van der Waals surface area contributed by atoms with Crippen molar-refractivity contribution in [1.82, 2.24) is 10.2 Å². The molecular formula is C14H18N4O. The maximum Gasteiger partial charge on any atom is 0.318 e. The summed E-state index contributed by atoms with van der Waals surface area (Å²) in [5.41, 5.74) is 7.62. The minimum Gasteiger partial charge on any atom is -0.403 e. The van der Waals surface area contributed by atoms with Gasteiger partial charge in [-0.1, -0.05) is 17.2 Å². The predicted octanol–water partition coefficient (Wildman–Crippen LogP) is 2.19. The van der Waals surface area contributed by atoms with E-state index in [4.69, 9.17) is 10.2 Å². The van der Waals surface area contributed by atoms with Gasteiger partial charge in [-0.15, -0.1) is 5.10 Å². The molecule has 0 amide bonds. The number of benzene rings is 1. The smallest absolute Gasteiger partial charge is 0.318 e. The first kappa shape index (κ1) is 12.2. The van der Waals surface area contributed by atoms with E-state index in [1.54, 1.807) is 0 Å². The van der Waals surface area contributed by atoms with Crippen LogP contribution in [-0.4, -0.2) is 23.3 Å². The summed E-state index contributed by atoms with van der Waals surface area (Å²) in [6.45, 7) is 2.56. The van der Waals surface area contributed by atoms with Crippen molar-refractivity contribution in [2.75, 3.05) is 18.0 Å². The lowest BCUT2D eigenvalue weighted by molar-refractivity contribution is 0.498. The zero-order valence-electron chi connectivity index (χ0n) is 10.9. The number of nitrogens with zero attached hydrogens (tertiary/aromatic N) is 3. The molecule has 19 heavy (non-hydrogen) atoms. The highest BCUT2D eigenvalue weighted by Gasteiger charge is 2.17. The fraction of sp³-hybridized carbons (Fsp3) is 0.429. The molecule has 1 aliphatic heterocycles. The van der Waals surface area contributed by atoms with Crippen molar-refractivity contribution < 1.29 is 4.42 Å². The standard InChI is InChI=1S/C14H18N4O/c15-10-11-4-6-12(7-5-11)13-16-17-14(19-13)18-8-2-1-3-9-18/h4-7H,1-3,8-10,15H2. The van der Waals surface area contributed by atoms with Crippen LogP contribution in [0.4, 0.5) is 6.01 Å². The maximum atomic E-state index is 5.76. The van der Waals surface area contributed by atoms with Crippen LogP contribution in [0.5, 0.6) is 0 Å². The number of nitrogens with two attached hydrogens (primary N) is 1. The van der Waals surface area contributed by atoms with Crippen LogP contribution in [0.1, 0.15) is 24.8 Å². The molecule has 2 aromatic rings. The maximum absolute atomic E-state index is 5.76. The van der Waals surface area contributed by atoms with Crippen molar-refractivity contribution in [1.29, 1.82) is 0 Å². The molecule has 1 fully saturated rings. The summed E-state index contributed by atoms with van der Waals surface area (Å²) < 4.78 is 5.76. The average Bonchev–Trinajstić information content (AvgIpc) is 2.98. The Morgan fingerprint density at radius 1 is 1.05 bits per heavy atom. The lowest BCUT2D eigenvalue weighted by atomic mass is 10.1. The molecule has 3 rings (SSSR count). The minimum atomic E-state index is 0.545. The van der Waals surface area contributed by atoms with E-state index >= 15 is 0 Å². The second-order valence-corrected chi connectivity index (χ2v) is 4.84. The molecule has 0 spiro atoms. The molecule has 5 nitrogen and oxygen atoms in total. The lowest BCUT2D eigenvalue weighted by Gasteiger charge is -2.24. The van der Waals surface area contributed by atoms with Crippen LogP contribution in [-0.2, 0) is 6.54 Å². The van der Waals surface area contributed by atoms with Gasteiger partial charge >= 0.3 is 6.01 Å². The van der Waals surface area contributed by atoms with Crippen LogP contribution in [0.3, 0.4) is 0 Å². The van der Waals surface area contributed by atoms with E-state index in [1.807, 2.05) is 24.3 Å². The van der Waals surface area contributed by atoms with Crippen molar-refractivity contribution >= 4 is 6.01 Å². The molecule has 0 unspecified atom stereocenters. The molecule has 100 valence electrons. The lowest BCUT2D eigenvalue weighted by Crippen LogP contribution is -2.29. The predicted molar refractivity (Wildman–Crippen MR) is 73.7 cm³/mol. The Morgan fingerprint density at radius 2 is 1.79 bits per heavy atom. The summed E-state index contributed by atoms with van der Waals surface area (Å²) in [5.74, 6) is 0.573. The highest BCUT2D eigenvalue weighted by atomic mass is 16.4. The Balaban J connectivity index is 1.79. The van der Waals surface area contributed by atoms with Crippen molar-refractivity contribution in [3.05, 3.63) is 29.8 Å². The molecule has 2 heterocycles. The van der Waals surface area contributed by atoms with E-state index in [-0.39, 0.29) is 0 Å². The SMILES string of the molecule is NCc1ccc(-c2nnc(N3CCCCC3)o2)cc1. The molecule has 0 radical (unpaired) electrons. The molecule has 1 aromatic heterocycles. The van der Waals surface area contributed by atoms with Gasteiger partial charge in [-0.25, -0.2) is 0 Å². The Hall–Kier alpha value is -1.88. The molecule has 0 aliphatic carbocycles. The second-order valence-electron chi connectivity index (χ2n) is 4.84. The Morgan fingerprint density at radius 3 is 2.47 bits per heavy atom. The summed E-state index contributed by atoms with van der Waals surface area (Å²) >= 11 is 0. The molecule has 1 aliphatic rings. The van der Waals surface area contributed by atoms with Crippen LogP contribution in [0.25, 0.3) is 11.5 Å². The summed E-state index contributed by atoms with van der Waals surface area (Å²) in [6, 6.07) is 8.54. The zero-order valence-corrected chi connectivity index (χ0v) is 10.9. The molecule has 5 heteroatoms. The van der Waals surface area contributed by atoms with Gasteiger partial charge in [-0.3, -0.25) is 0 Å². The van der Waals surface area contributed by atoms with Gasteiger partial charge in [0.2, 0.25) is 5.89 Å². The zero-order chi connectivity index (χ0) is 13.1. The molecule has 0 atom stereocenters. The fourth-order valence-electron chi connectivity index (χ4n) is 2.33. The van der Waals surface area contributed by atoms with Gasteiger partial charge in [0.05, 0.1) is 0 Å². The van der Waals surface area contributed by atoms with Gasteiger partial charge in [0.15, 0.2) is 0 Å². The third-order valence-electron chi connectivity index (χ3n) is 3.48. The van der Waals surface area contributed by atoms with Gasteiger partial charge < -0.3 is 15.1 Å². The average molecular weight is 258 g/mol. The van der Waals surface area contributed by atoms with E-state index in [9.17, 15) is 0 Å². The molecule has 1 saturated heterocycles. The van der Waals surface area contributed by atoms with Gasteiger partial charge in [0.1, 0.15) is 0 Å². The van der Waals surface area contributed by atoms with Crippen molar-refractivity contribution in [2.24, 2.45) is 5.73 Å². The first-order valence-electron chi connectivity index (χ1n) is 6.74. The summed E-state index contributed by atoms with van der Waals surface area (Å²) in [7, 11) is 0. The molecular weight excluding hydrogens is 240 g/mol. The van der Waals surface area contributed by atoms with Crippen LogP contribution >= 0.6 is 0 Å². The quantitative estimate of drug-likeness (QED) is 0.914. The number of piperidine rings is 1. The third kappa shape index (κ3) is 2.61. The topological polar surface area (TPSA) is 68.2 Å². The summed E-state index contributed by atoms with van der Waals surface area (Å²) in [4.78, 5) is 2.16. The van der Waals surface area contributed by atoms with Crippen LogP contribution < -0.4 is 10.6 Å². The molecule has 2 N–H and O–H groups in total. The monoisotopic (exact) mass is 258 g/mol. The Kier molecular flexibility index (Phi) is 3.46. The summed E-state index contributed by atoms with van der Waals surface area (Å²) in [6.07, 6.45) is 3.68. The molecule has 1 aromatic carbocycles. The van der Waals surface area contributed by atoms with Crippen molar-refractivity contribution in [2.45, 2.75) is 25.8 Å². The van der Waals surface area contributed by atoms with Crippen LogP contribution in [0, 0.1) is 0 Å². The largest absolute Gasteiger partial charge is 0.403 e. The van der Waals surface area contributed by atoms with Crippen molar-refractivity contribution in [3.63, 3.8) is 0 Å². The number of rotatable bonds is 3. The van der Waals surface area contributed by atoms with Gasteiger partial charge in [0.25, 0.3) is 0 Å². The molecule has 0 saturated carbocycles. The van der Waals surface area contributed by atoms with Crippen molar-refractivity contribution in [3.8, 4) is 11.5 Å². The fourth-order valence-corrected chi connectivity index (χ4v) is 2.33. The normalized spacial score (nSPS) is 15.7. The van der Waals surface area contributed by atoms with E-state index in [0.717, 1.165) is 24.2 Å². The Bertz CT molecular complexity index is 529. The second kappa shape index (κ2) is 5.40. The van der Waals surface area contributed by atoms with Gasteiger partial charge in [-0.05, 0) is 37.0 Å². The van der Waals surface area contributed by atoms with Gasteiger partial charge in [-0.2, -0.15) is 0 Å². The summed E-state index contributed by atoms with van der Waals surface area (Å²) in [5, 5.41) is 8.27. The van der Waals surface area contributed by atoms with E-state index in [1.165, 1.54) is 19.3 Å². The number of aromatic nitrogens is 2.